The summed E-state index contributed by atoms with van der Waals surface area (Å²) < 4.78 is 0. The molecule has 0 amide bonds. The van der Waals surface area contributed by atoms with Crippen LogP contribution in [0.4, 0.5) is 0 Å². The summed E-state index contributed by atoms with van der Waals surface area (Å²) in [6, 6.07) is 6.05. The molecular formula is C12H18N2. The lowest BCUT2D eigenvalue weighted by Gasteiger charge is -2.10. The van der Waals surface area contributed by atoms with Gasteiger partial charge in [-0.2, -0.15) is 0 Å². The van der Waals surface area contributed by atoms with E-state index in [1.807, 2.05) is 31.2 Å². The van der Waals surface area contributed by atoms with Crippen molar-refractivity contribution >= 4 is 0 Å². The quantitative estimate of drug-likeness (QED) is 0.572. The van der Waals surface area contributed by atoms with E-state index in [0.29, 0.717) is 0 Å². The molecule has 0 aliphatic carbocycles. The average Bonchev–Trinajstić information content (AvgIpc) is 2.18. The van der Waals surface area contributed by atoms with Crippen LogP contribution in [0.5, 0.6) is 0 Å². The number of pyridine rings is 1. The molecule has 2 heteroatoms. The predicted molar refractivity (Wildman–Crippen MR) is 60.0 cm³/mol. The second kappa shape index (κ2) is 5.55. The molecule has 0 fully saturated rings. The molecule has 0 spiro atoms. The van der Waals surface area contributed by atoms with Crippen LogP contribution in [0, 0.1) is 6.92 Å². The summed E-state index contributed by atoms with van der Waals surface area (Å²) in [7, 11) is 0. The van der Waals surface area contributed by atoms with Crippen LogP contribution in [0.15, 0.2) is 30.9 Å². The van der Waals surface area contributed by atoms with E-state index in [2.05, 4.69) is 11.6 Å². The maximum absolute atomic E-state index is 6.01. The van der Waals surface area contributed by atoms with E-state index in [0.717, 1.165) is 30.7 Å². The van der Waals surface area contributed by atoms with Crippen molar-refractivity contribution in [3.63, 3.8) is 0 Å². The largest absolute Gasteiger partial charge is 0.323 e. The van der Waals surface area contributed by atoms with Gasteiger partial charge in [-0.3, -0.25) is 4.98 Å². The predicted octanol–water partition coefficient (Wildman–Crippen LogP) is 2.75. The first-order chi connectivity index (χ1) is 6.74. The molecule has 0 saturated carbocycles. The van der Waals surface area contributed by atoms with Crippen LogP contribution in [0.2, 0.25) is 0 Å². The van der Waals surface area contributed by atoms with E-state index < -0.39 is 0 Å². The zero-order chi connectivity index (χ0) is 10.4. The highest BCUT2D eigenvalue weighted by molar-refractivity contribution is 5.12. The fourth-order valence-corrected chi connectivity index (χ4v) is 1.40. The third-order valence-electron chi connectivity index (χ3n) is 2.21. The third kappa shape index (κ3) is 3.30. The highest BCUT2D eigenvalue weighted by Gasteiger charge is 2.06. The smallest absolute Gasteiger partial charge is 0.0574 e. The van der Waals surface area contributed by atoms with Crippen LogP contribution in [0.25, 0.3) is 0 Å². The minimum absolute atomic E-state index is 0.0647. The van der Waals surface area contributed by atoms with E-state index in [9.17, 15) is 0 Å². The SMILES string of the molecule is C=CCCCC(N)c1cccc(C)n1. The molecule has 1 aromatic rings. The van der Waals surface area contributed by atoms with Gasteiger partial charge in [0.15, 0.2) is 0 Å². The highest BCUT2D eigenvalue weighted by atomic mass is 14.8. The first-order valence-electron chi connectivity index (χ1n) is 5.04. The summed E-state index contributed by atoms with van der Waals surface area (Å²) in [5.41, 5.74) is 8.03. The van der Waals surface area contributed by atoms with Gasteiger partial charge in [0.2, 0.25) is 0 Å². The minimum atomic E-state index is 0.0647. The first-order valence-corrected chi connectivity index (χ1v) is 5.04. The van der Waals surface area contributed by atoms with E-state index in [1.165, 1.54) is 0 Å². The lowest BCUT2D eigenvalue weighted by atomic mass is 10.1. The minimum Gasteiger partial charge on any atom is -0.323 e. The lowest BCUT2D eigenvalue weighted by molar-refractivity contribution is 0.601. The Morgan fingerprint density at radius 3 is 3.00 bits per heavy atom. The summed E-state index contributed by atoms with van der Waals surface area (Å²) in [5, 5.41) is 0. The molecule has 0 aliphatic rings. The molecule has 1 rings (SSSR count). The van der Waals surface area contributed by atoms with Gasteiger partial charge >= 0.3 is 0 Å². The molecule has 1 heterocycles. The summed E-state index contributed by atoms with van der Waals surface area (Å²) >= 11 is 0. The van der Waals surface area contributed by atoms with Crippen LogP contribution in [-0.2, 0) is 0 Å². The molecular weight excluding hydrogens is 172 g/mol. The van der Waals surface area contributed by atoms with Gasteiger partial charge in [0.25, 0.3) is 0 Å². The Bertz CT molecular complexity index is 294. The molecule has 0 aliphatic heterocycles. The van der Waals surface area contributed by atoms with Gasteiger partial charge in [-0.05, 0) is 38.3 Å². The number of unbranched alkanes of at least 4 members (excludes halogenated alkanes) is 1. The molecule has 0 saturated heterocycles. The fraction of sp³-hybridized carbons (Fsp3) is 0.417. The van der Waals surface area contributed by atoms with Gasteiger partial charge < -0.3 is 5.73 Å². The average molecular weight is 190 g/mol. The van der Waals surface area contributed by atoms with Crippen molar-refractivity contribution in [2.24, 2.45) is 5.73 Å². The summed E-state index contributed by atoms with van der Waals surface area (Å²) in [5.74, 6) is 0. The molecule has 1 aromatic heterocycles. The normalized spacial score (nSPS) is 12.4. The van der Waals surface area contributed by atoms with E-state index >= 15 is 0 Å². The summed E-state index contributed by atoms with van der Waals surface area (Å²) in [6.07, 6.45) is 5.01. The van der Waals surface area contributed by atoms with E-state index in [1.54, 1.807) is 0 Å². The maximum Gasteiger partial charge on any atom is 0.0574 e. The molecule has 1 atom stereocenters. The van der Waals surface area contributed by atoms with Crippen LogP contribution in [0.1, 0.15) is 36.7 Å². The standard InChI is InChI=1S/C12H18N2/c1-3-4-5-8-11(13)12-9-6-7-10(2)14-12/h3,6-7,9,11H,1,4-5,8,13H2,2H3. The Morgan fingerprint density at radius 1 is 1.57 bits per heavy atom. The molecule has 2 N–H and O–H groups in total. The Labute approximate surface area is 85.9 Å². The van der Waals surface area contributed by atoms with Gasteiger partial charge in [-0.15, -0.1) is 6.58 Å². The molecule has 0 bridgehead atoms. The van der Waals surface area contributed by atoms with Gasteiger partial charge in [0.1, 0.15) is 0 Å². The summed E-state index contributed by atoms with van der Waals surface area (Å²) in [4.78, 5) is 4.40. The Balaban J connectivity index is 2.51. The third-order valence-corrected chi connectivity index (χ3v) is 2.21. The Morgan fingerprint density at radius 2 is 2.36 bits per heavy atom. The van der Waals surface area contributed by atoms with Gasteiger partial charge in [-0.1, -0.05) is 12.1 Å². The summed E-state index contributed by atoms with van der Waals surface area (Å²) in [6.45, 7) is 5.67. The molecule has 76 valence electrons. The number of hydrogen-bond donors (Lipinski definition) is 1. The van der Waals surface area contributed by atoms with E-state index in [-0.39, 0.29) is 6.04 Å². The van der Waals surface area contributed by atoms with Crippen molar-refractivity contribution in [3.8, 4) is 0 Å². The van der Waals surface area contributed by atoms with Crippen molar-refractivity contribution in [3.05, 3.63) is 42.2 Å². The Kier molecular flexibility index (Phi) is 4.33. The van der Waals surface area contributed by atoms with Crippen molar-refractivity contribution in [2.75, 3.05) is 0 Å². The molecule has 14 heavy (non-hydrogen) atoms. The topological polar surface area (TPSA) is 38.9 Å². The van der Waals surface area contributed by atoms with Crippen LogP contribution < -0.4 is 5.73 Å². The zero-order valence-corrected chi connectivity index (χ0v) is 8.74. The number of aromatic nitrogens is 1. The number of aryl methyl sites for hydroxylation is 1. The number of allylic oxidation sites excluding steroid dienone is 1. The molecule has 2 nitrogen and oxygen atoms in total. The van der Waals surface area contributed by atoms with Gasteiger partial charge in [-0.25, -0.2) is 0 Å². The van der Waals surface area contributed by atoms with Crippen molar-refractivity contribution in [1.29, 1.82) is 0 Å². The Hall–Kier alpha value is -1.15. The maximum atomic E-state index is 6.01. The lowest BCUT2D eigenvalue weighted by Crippen LogP contribution is -2.12. The molecule has 0 aromatic carbocycles. The van der Waals surface area contributed by atoms with Crippen LogP contribution >= 0.6 is 0 Å². The van der Waals surface area contributed by atoms with Crippen molar-refractivity contribution in [2.45, 2.75) is 32.2 Å². The first kappa shape index (κ1) is 10.9. The second-order valence-corrected chi connectivity index (χ2v) is 3.53. The van der Waals surface area contributed by atoms with E-state index in [4.69, 9.17) is 5.73 Å². The number of nitrogens with two attached hydrogens (primary N) is 1. The zero-order valence-electron chi connectivity index (χ0n) is 8.74. The van der Waals surface area contributed by atoms with Gasteiger partial charge in [0.05, 0.1) is 5.69 Å². The number of rotatable bonds is 5. The number of hydrogen-bond acceptors (Lipinski definition) is 2. The van der Waals surface area contributed by atoms with Crippen LogP contribution in [0.3, 0.4) is 0 Å². The van der Waals surface area contributed by atoms with Gasteiger partial charge in [0, 0.05) is 11.7 Å². The number of nitrogens with zero attached hydrogens (tertiary/aromatic N) is 1. The molecule has 1 unspecified atom stereocenters. The monoisotopic (exact) mass is 190 g/mol. The molecule has 0 radical (unpaired) electrons. The van der Waals surface area contributed by atoms with Crippen molar-refractivity contribution in [1.82, 2.24) is 4.98 Å². The van der Waals surface area contributed by atoms with Crippen molar-refractivity contribution < 1.29 is 0 Å². The highest BCUT2D eigenvalue weighted by Crippen LogP contribution is 2.14. The van der Waals surface area contributed by atoms with Crippen LogP contribution in [-0.4, -0.2) is 4.98 Å². The fourth-order valence-electron chi connectivity index (χ4n) is 1.40. The second-order valence-electron chi connectivity index (χ2n) is 3.53.